The topological polar surface area (TPSA) is 83.4 Å². The summed E-state index contributed by atoms with van der Waals surface area (Å²) < 4.78 is 0. The molecule has 1 N–H and O–H groups in total. The number of hydrogen-bond donors (Lipinski definition) is 1. The highest BCUT2D eigenvalue weighted by Crippen LogP contribution is 2.42. The van der Waals surface area contributed by atoms with Crippen LogP contribution >= 0.6 is 22.9 Å². The van der Waals surface area contributed by atoms with Gasteiger partial charge in [0.05, 0.1) is 26.8 Å². The molecule has 1 amide bonds. The van der Waals surface area contributed by atoms with Crippen molar-refractivity contribution >= 4 is 40.3 Å². The average Bonchev–Trinajstić information content (AvgIpc) is 3.19. The Morgan fingerprint density at radius 1 is 1.17 bits per heavy atom. The Bertz CT molecular complexity index is 1140. The van der Waals surface area contributed by atoms with Crippen molar-refractivity contribution in [2.45, 2.75) is 19.9 Å². The minimum absolute atomic E-state index is 0.00426. The van der Waals surface area contributed by atoms with Gasteiger partial charge in [0.1, 0.15) is 6.04 Å². The summed E-state index contributed by atoms with van der Waals surface area (Å²) in [6.45, 7) is 3.54. The monoisotopic (exact) mass is 425 g/mol. The van der Waals surface area contributed by atoms with E-state index in [4.69, 9.17) is 11.6 Å². The fourth-order valence-electron chi connectivity index (χ4n) is 3.39. The molecule has 0 saturated heterocycles. The SMILES string of the molecule is Cc1nc(C)c(C(=O)C2=C(O)C(=O)N(c3ccc(Cl)cc3)C2c2ccccn2)s1. The summed E-state index contributed by atoms with van der Waals surface area (Å²) in [6, 6.07) is 11.0. The van der Waals surface area contributed by atoms with Crippen molar-refractivity contribution < 1.29 is 14.7 Å². The summed E-state index contributed by atoms with van der Waals surface area (Å²) in [6.07, 6.45) is 1.58. The van der Waals surface area contributed by atoms with Crippen LogP contribution in [0, 0.1) is 13.8 Å². The summed E-state index contributed by atoms with van der Waals surface area (Å²) in [4.78, 5) is 36.8. The highest BCUT2D eigenvalue weighted by Gasteiger charge is 2.45. The molecule has 1 aliphatic heterocycles. The maximum Gasteiger partial charge on any atom is 0.294 e. The third-order valence-corrected chi connectivity index (χ3v) is 5.96. The molecular weight excluding hydrogens is 410 g/mol. The molecule has 3 aromatic rings. The molecule has 4 rings (SSSR count). The van der Waals surface area contributed by atoms with Crippen LogP contribution in [0.3, 0.4) is 0 Å². The van der Waals surface area contributed by atoms with Gasteiger partial charge in [-0.3, -0.25) is 19.5 Å². The number of thiazole rings is 1. The van der Waals surface area contributed by atoms with Gasteiger partial charge in [0, 0.05) is 16.9 Å². The molecular formula is C21H16ClN3O3S. The Morgan fingerprint density at radius 2 is 1.90 bits per heavy atom. The first-order chi connectivity index (χ1) is 13.9. The fourth-order valence-corrected chi connectivity index (χ4v) is 4.39. The van der Waals surface area contributed by atoms with Crippen LogP contribution in [0.15, 0.2) is 60.0 Å². The van der Waals surface area contributed by atoms with Gasteiger partial charge < -0.3 is 5.11 Å². The number of hydrogen-bond acceptors (Lipinski definition) is 6. The van der Waals surface area contributed by atoms with E-state index in [2.05, 4.69) is 9.97 Å². The second-order valence-electron chi connectivity index (χ2n) is 6.55. The molecule has 2 aromatic heterocycles. The Labute approximate surface area is 176 Å². The number of aromatic nitrogens is 2. The van der Waals surface area contributed by atoms with E-state index < -0.39 is 23.5 Å². The number of rotatable bonds is 4. The van der Waals surface area contributed by atoms with Crippen LogP contribution in [-0.2, 0) is 4.79 Å². The van der Waals surface area contributed by atoms with Crippen LogP contribution < -0.4 is 4.90 Å². The molecule has 0 aliphatic carbocycles. The third-order valence-electron chi connectivity index (χ3n) is 4.64. The Kier molecular flexibility index (Phi) is 4.94. The van der Waals surface area contributed by atoms with E-state index in [1.54, 1.807) is 62.5 Å². The molecule has 0 spiro atoms. The second-order valence-corrected chi connectivity index (χ2v) is 8.19. The van der Waals surface area contributed by atoms with Crippen molar-refractivity contribution in [2.24, 2.45) is 0 Å². The van der Waals surface area contributed by atoms with Gasteiger partial charge in [-0.05, 0) is 50.2 Å². The highest BCUT2D eigenvalue weighted by atomic mass is 35.5. The molecule has 0 fully saturated rings. The van der Waals surface area contributed by atoms with Crippen molar-refractivity contribution in [3.63, 3.8) is 0 Å². The number of nitrogens with zero attached hydrogens (tertiary/aromatic N) is 3. The minimum Gasteiger partial charge on any atom is -0.503 e. The maximum absolute atomic E-state index is 13.4. The van der Waals surface area contributed by atoms with E-state index in [1.807, 2.05) is 0 Å². The second kappa shape index (κ2) is 7.42. The first-order valence-corrected chi connectivity index (χ1v) is 10.00. The van der Waals surface area contributed by atoms with E-state index in [0.717, 1.165) is 5.01 Å². The molecule has 8 heteroatoms. The quantitative estimate of drug-likeness (QED) is 0.618. The summed E-state index contributed by atoms with van der Waals surface area (Å²) in [7, 11) is 0. The molecule has 29 heavy (non-hydrogen) atoms. The minimum atomic E-state index is -0.862. The number of halogens is 1. The van der Waals surface area contributed by atoms with Gasteiger partial charge in [-0.1, -0.05) is 17.7 Å². The predicted molar refractivity (Wildman–Crippen MR) is 111 cm³/mol. The normalized spacial score (nSPS) is 16.6. The lowest BCUT2D eigenvalue weighted by Crippen LogP contribution is -2.31. The molecule has 1 aromatic carbocycles. The molecule has 1 unspecified atom stereocenters. The summed E-state index contributed by atoms with van der Waals surface area (Å²) >= 11 is 7.22. The van der Waals surface area contributed by atoms with Crippen LogP contribution in [0.4, 0.5) is 5.69 Å². The van der Waals surface area contributed by atoms with Gasteiger partial charge >= 0.3 is 0 Å². The zero-order valence-corrected chi connectivity index (χ0v) is 17.2. The average molecular weight is 426 g/mol. The van der Waals surface area contributed by atoms with Crippen molar-refractivity contribution in [3.8, 4) is 0 Å². The van der Waals surface area contributed by atoms with Gasteiger partial charge in [0.25, 0.3) is 5.91 Å². The molecule has 1 atom stereocenters. The number of aliphatic hydroxyl groups is 1. The largest absolute Gasteiger partial charge is 0.503 e. The Hall–Kier alpha value is -3.03. The van der Waals surface area contributed by atoms with Crippen LogP contribution in [0.5, 0.6) is 0 Å². The fraction of sp³-hybridized carbons (Fsp3) is 0.143. The molecule has 1 aliphatic rings. The van der Waals surface area contributed by atoms with Gasteiger partial charge in [-0.15, -0.1) is 11.3 Å². The standard InChI is InChI=1S/C21H16ClN3O3S/c1-11-20(29-12(2)24-11)18(26)16-17(15-5-3-4-10-23-15)25(21(28)19(16)27)14-8-6-13(22)7-9-14/h3-10,17,27H,1-2H3. The summed E-state index contributed by atoms with van der Waals surface area (Å²) in [5.74, 6) is -1.66. The number of amides is 1. The lowest BCUT2D eigenvalue weighted by atomic mass is 9.98. The zero-order valence-electron chi connectivity index (χ0n) is 15.6. The first-order valence-electron chi connectivity index (χ1n) is 8.80. The smallest absolute Gasteiger partial charge is 0.294 e. The zero-order chi connectivity index (χ0) is 20.7. The number of benzene rings is 1. The number of ketones is 1. The number of aryl methyl sites for hydroxylation is 2. The van der Waals surface area contributed by atoms with Crippen LogP contribution in [0.2, 0.25) is 5.02 Å². The van der Waals surface area contributed by atoms with Crippen molar-refractivity contribution in [3.05, 3.63) is 86.3 Å². The maximum atomic E-state index is 13.4. The van der Waals surface area contributed by atoms with Gasteiger partial charge in [-0.2, -0.15) is 0 Å². The van der Waals surface area contributed by atoms with Gasteiger partial charge in [-0.25, -0.2) is 4.98 Å². The van der Waals surface area contributed by atoms with E-state index in [1.165, 1.54) is 16.2 Å². The Morgan fingerprint density at radius 3 is 2.48 bits per heavy atom. The van der Waals surface area contributed by atoms with E-state index in [9.17, 15) is 14.7 Å². The third kappa shape index (κ3) is 3.32. The van der Waals surface area contributed by atoms with E-state index in [0.29, 0.717) is 27.0 Å². The molecule has 146 valence electrons. The van der Waals surface area contributed by atoms with Crippen molar-refractivity contribution in [1.29, 1.82) is 0 Å². The van der Waals surface area contributed by atoms with E-state index in [-0.39, 0.29) is 5.57 Å². The van der Waals surface area contributed by atoms with Crippen LogP contribution in [0.25, 0.3) is 0 Å². The summed E-state index contributed by atoms with van der Waals surface area (Å²) in [5, 5.41) is 12.0. The van der Waals surface area contributed by atoms with Crippen LogP contribution in [-0.4, -0.2) is 26.8 Å². The lowest BCUT2D eigenvalue weighted by Gasteiger charge is -2.26. The molecule has 0 bridgehead atoms. The highest BCUT2D eigenvalue weighted by molar-refractivity contribution is 7.14. The predicted octanol–water partition coefficient (Wildman–Crippen LogP) is 4.59. The number of carbonyl (C=O) groups is 2. The van der Waals surface area contributed by atoms with Crippen molar-refractivity contribution in [2.75, 3.05) is 4.90 Å². The van der Waals surface area contributed by atoms with Gasteiger partial charge in [0.15, 0.2) is 5.76 Å². The summed E-state index contributed by atoms with van der Waals surface area (Å²) in [5.41, 5.74) is 1.54. The number of carbonyl (C=O) groups excluding carboxylic acids is 2. The van der Waals surface area contributed by atoms with Crippen LogP contribution in [0.1, 0.15) is 32.1 Å². The molecule has 0 saturated carbocycles. The Balaban J connectivity index is 1.88. The molecule has 3 heterocycles. The van der Waals surface area contributed by atoms with E-state index >= 15 is 0 Å². The first kappa shape index (κ1) is 19.3. The lowest BCUT2D eigenvalue weighted by molar-refractivity contribution is -0.117. The van der Waals surface area contributed by atoms with Gasteiger partial charge in [0.2, 0.25) is 5.78 Å². The number of anilines is 1. The molecule has 0 radical (unpaired) electrons. The number of pyridine rings is 1. The number of aliphatic hydroxyl groups excluding tert-OH is 1. The number of Topliss-reactive ketones (excluding diaryl/α,β-unsaturated/α-hetero) is 1. The molecule has 6 nitrogen and oxygen atoms in total. The van der Waals surface area contributed by atoms with Crippen molar-refractivity contribution in [1.82, 2.24) is 9.97 Å².